The lowest BCUT2D eigenvalue weighted by Gasteiger charge is -2.20. The third-order valence-electron chi connectivity index (χ3n) is 4.85. The monoisotopic (exact) mass is 366 g/mol. The van der Waals surface area contributed by atoms with Crippen LogP contribution in [0.1, 0.15) is 24.5 Å². The number of hydrogen-bond donors (Lipinski definition) is 1. The Labute approximate surface area is 160 Å². The number of aryl methyl sites for hydroxylation is 2. The first kappa shape index (κ1) is 19.0. The van der Waals surface area contributed by atoms with E-state index >= 15 is 0 Å². The number of carbonyl (C=O) groups is 2. The summed E-state index contributed by atoms with van der Waals surface area (Å²) in [5.74, 6) is 0.384. The summed E-state index contributed by atoms with van der Waals surface area (Å²) >= 11 is 0. The van der Waals surface area contributed by atoms with Gasteiger partial charge in [-0.15, -0.1) is 0 Å². The van der Waals surface area contributed by atoms with Crippen LogP contribution >= 0.6 is 0 Å². The van der Waals surface area contributed by atoms with E-state index < -0.39 is 0 Å². The number of carbonyl (C=O) groups excluding carboxylic acids is 2. The molecule has 1 heterocycles. The molecule has 0 spiro atoms. The first-order valence-electron chi connectivity index (χ1n) is 9.44. The van der Waals surface area contributed by atoms with Gasteiger partial charge >= 0.3 is 0 Å². The summed E-state index contributed by atoms with van der Waals surface area (Å²) in [7, 11) is 0. The van der Waals surface area contributed by atoms with E-state index in [1.165, 1.54) is 5.56 Å². The fourth-order valence-corrected chi connectivity index (χ4v) is 3.31. The fourth-order valence-electron chi connectivity index (χ4n) is 3.31. The van der Waals surface area contributed by atoms with E-state index in [1.54, 1.807) is 4.90 Å². The molecule has 1 N–H and O–H groups in total. The van der Waals surface area contributed by atoms with Gasteiger partial charge in [-0.05, 0) is 37.1 Å². The molecule has 1 atom stereocenters. The third-order valence-corrected chi connectivity index (χ3v) is 4.85. The van der Waals surface area contributed by atoms with Crippen molar-refractivity contribution in [1.82, 2.24) is 5.32 Å². The Morgan fingerprint density at radius 3 is 2.67 bits per heavy atom. The minimum atomic E-state index is -0.318. The number of amides is 2. The highest BCUT2D eigenvalue weighted by Crippen LogP contribution is 2.28. The minimum Gasteiger partial charge on any atom is -0.492 e. The average molecular weight is 366 g/mol. The van der Waals surface area contributed by atoms with Crippen molar-refractivity contribution in [3.8, 4) is 5.75 Å². The standard InChI is InChI=1S/C22H26N2O3/c1-3-17-6-4-5-7-20(17)24-15-18(14-21(24)25)22(26)23-12-13-27-19-10-8-16(2)9-11-19/h4-11,18H,3,12-15H2,1-2H3,(H,23,26). The Morgan fingerprint density at radius 2 is 1.93 bits per heavy atom. The summed E-state index contributed by atoms with van der Waals surface area (Å²) in [6.45, 7) is 5.34. The van der Waals surface area contributed by atoms with E-state index in [0.29, 0.717) is 19.7 Å². The van der Waals surface area contributed by atoms with Gasteiger partial charge in [0, 0.05) is 18.7 Å². The van der Waals surface area contributed by atoms with Crippen LogP contribution in [-0.4, -0.2) is 31.5 Å². The zero-order valence-corrected chi connectivity index (χ0v) is 15.9. The van der Waals surface area contributed by atoms with E-state index in [2.05, 4.69) is 12.2 Å². The zero-order chi connectivity index (χ0) is 19.2. The molecule has 1 fully saturated rings. The van der Waals surface area contributed by atoms with Gasteiger partial charge in [-0.25, -0.2) is 0 Å². The van der Waals surface area contributed by atoms with Crippen molar-refractivity contribution in [2.24, 2.45) is 5.92 Å². The number of nitrogens with one attached hydrogen (secondary N) is 1. The van der Waals surface area contributed by atoms with Crippen molar-refractivity contribution >= 4 is 17.5 Å². The van der Waals surface area contributed by atoms with Gasteiger partial charge in [0.05, 0.1) is 12.5 Å². The lowest BCUT2D eigenvalue weighted by atomic mass is 10.1. The van der Waals surface area contributed by atoms with Gasteiger partial charge in [-0.1, -0.05) is 42.8 Å². The molecule has 1 aliphatic heterocycles. The van der Waals surface area contributed by atoms with Crippen molar-refractivity contribution in [3.05, 3.63) is 59.7 Å². The van der Waals surface area contributed by atoms with Crippen LogP contribution in [0.15, 0.2) is 48.5 Å². The molecule has 27 heavy (non-hydrogen) atoms. The third kappa shape index (κ3) is 4.67. The van der Waals surface area contributed by atoms with Crippen LogP contribution in [-0.2, 0) is 16.0 Å². The van der Waals surface area contributed by atoms with Gasteiger partial charge in [-0.2, -0.15) is 0 Å². The first-order valence-corrected chi connectivity index (χ1v) is 9.44. The summed E-state index contributed by atoms with van der Waals surface area (Å²) in [6.07, 6.45) is 1.11. The van der Waals surface area contributed by atoms with Crippen molar-refractivity contribution in [2.45, 2.75) is 26.7 Å². The van der Waals surface area contributed by atoms with Gasteiger partial charge in [0.25, 0.3) is 0 Å². The van der Waals surface area contributed by atoms with Crippen LogP contribution < -0.4 is 15.0 Å². The molecule has 2 aromatic carbocycles. The van der Waals surface area contributed by atoms with Gasteiger partial charge < -0.3 is 15.0 Å². The van der Waals surface area contributed by atoms with E-state index in [0.717, 1.165) is 23.4 Å². The number of nitrogens with zero attached hydrogens (tertiary/aromatic N) is 1. The Hall–Kier alpha value is -2.82. The second-order valence-electron chi connectivity index (χ2n) is 6.84. The molecule has 0 aliphatic carbocycles. The molecule has 1 aliphatic rings. The van der Waals surface area contributed by atoms with Crippen LogP contribution in [0.5, 0.6) is 5.75 Å². The van der Waals surface area contributed by atoms with Crippen molar-refractivity contribution in [1.29, 1.82) is 0 Å². The van der Waals surface area contributed by atoms with Crippen LogP contribution in [0.2, 0.25) is 0 Å². The number of ether oxygens (including phenoxy) is 1. The summed E-state index contributed by atoms with van der Waals surface area (Å²) in [5, 5.41) is 2.88. The lowest BCUT2D eigenvalue weighted by Crippen LogP contribution is -2.35. The smallest absolute Gasteiger partial charge is 0.227 e. The van der Waals surface area contributed by atoms with Gasteiger partial charge in [0.2, 0.25) is 11.8 Å². The molecular formula is C22H26N2O3. The molecule has 3 rings (SSSR count). The Morgan fingerprint density at radius 1 is 1.19 bits per heavy atom. The van der Waals surface area contributed by atoms with E-state index in [-0.39, 0.29) is 24.2 Å². The second kappa shape index (κ2) is 8.71. The molecule has 142 valence electrons. The molecule has 2 aromatic rings. The van der Waals surface area contributed by atoms with Crippen molar-refractivity contribution in [3.63, 3.8) is 0 Å². The molecule has 5 heteroatoms. The number of para-hydroxylation sites is 1. The molecule has 1 saturated heterocycles. The average Bonchev–Trinajstić information content (AvgIpc) is 3.08. The second-order valence-corrected chi connectivity index (χ2v) is 6.84. The predicted molar refractivity (Wildman–Crippen MR) is 106 cm³/mol. The number of anilines is 1. The molecule has 2 amide bonds. The van der Waals surface area contributed by atoms with Crippen LogP contribution in [0, 0.1) is 12.8 Å². The fraction of sp³-hybridized carbons (Fsp3) is 0.364. The normalized spacial score (nSPS) is 16.4. The van der Waals surface area contributed by atoms with Crippen LogP contribution in [0.3, 0.4) is 0 Å². The van der Waals surface area contributed by atoms with Crippen molar-refractivity contribution in [2.75, 3.05) is 24.6 Å². The number of hydrogen-bond acceptors (Lipinski definition) is 3. The molecule has 5 nitrogen and oxygen atoms in total. The van der Waals surface area contributed by atoms with E-state index in [9.17, 15) is 9.59 Å². The molecule has 1 unspecified atom stereocenters. The molecule has 0 aromatic heterocycles. The van der Waals surface area contributed by atoms with Crippen molar-refractivity contribution < 1.29 is 14.3 Å². The van der Waals surface area contributed by atoms with Gasteiger partial charge in [0.15, 0.2) is 0 Å². The molecule has 0 bridgehead atoms. The molecule has 0 radical (unpaired) electrons. The summed E-state index contributed by atoms with van der Waals surface area (Å²) in [4.78, 5) is 26.6. The lowest BCUT2D eigenvalue weighted by molar-refractivity contribution is -0.126. The van der Waals surface area contributed by atoms with E-state index in [4.69, 9.17) is 4.74 Å². The van der Waals surface area contributed by atoms with Gasteiger partial charge in [-0.3, -0.25) is 9.59 Å². The maximum absolute atomic E-state index is 12.4. The first-order chi connectivity index (χ1) is 13.1. The maximum Gasteiger partial charge on any atom is 0.227 e. The number of benzene rings is 2. The van der Waals surface area contributed by atoms with Gasteiger partial charge in [0.1, 0.15) is 12.4 Å². The summed E-state index contributed by atoms with van der Waals surface area (Å²) in [6, 6.07) is 15.7. The summed E-state index contributed by atoms with van der Waals surface area (Å²) < 4.78 is 5.62. The van der Waals surface area contributed by atoms with Crippen LogP contribution in [0.4, 0.5) is 5.69 Å². The van der Waals surface area contributed by atoms with E-state index in [1.807, 2.05) is 55.5 Å². The highest BCUT2D eigenvalue weighted by Gasteiger charge is 2.35. The predicted octanol–water partition coefficient (Wildman–Crippen LogP) is 3.11. The largest absolute Gasteiger partial charge is 0.492 e. The van der Waals surface area contributed by atoms with Crippen LogP contribution in [0.25, 0.3) is 0 Å². The Kier molecular flexibility index (Phi) is 6.12. The molecular weight excluding hydrogens is 340 g/mol. The Bertz CT molecular complexity index is 801. The highest BCUT2D eigenvalue weighted by atomic mass is 16.5. The SMILES string of the molecule is CCc1ccccc1N1CC(C(=O)NCCOc2ccc(C)cc2)CC1=O. The molecule has 0 saturated carbocycles. The Balaban J connectivity index is 1.49. The zero-order valence-electron chi connectivity index (χ0n) is 15.9. The topological polar surface area (TPSA) is 58.6 Å². The minimum absolute atomic E-state index is 0.00644. The highest BCUT2D eigenvalue weighted by molar-refractivity contribution is 6.00. The quantitative estimate of drug-likeness (QED) is 0.766. The number of rotatable bonds is 7. The summed E-state index contributed by atoms with van der Waals surface area (Å²) in [5.41, 5.74) is 3.22. The maximum atomic E-state index is 12.4.